The molecule has 19 heavy (non-hydrogen) atoms. The van der Waals surface area contributed by atoms with E-state index < -0.39 is 5.97 Å². The van der Waals surface area contributed by atoms with Crippen molar-refractivity contribution >= 4 is 5.97 Å². The molecule has 0 unspecified atom stereocenters. The van der Waals surface area contributed by atoms with Crippen LogP contribution in [0.1, 0.15) is 72.1 Å². The second kappa shape index (κ2) is 30.4. The fourth-order valence-electron chi connectivity index (χ4n) is 1.23. The van der Waals surface area contributed by atoms with E-state index >= 15 is 0 Å². The van der Waals surface area contributed by atoms with Crippen LogP contribution < -0.4 is 6.15 Å². The summed E-state index contributed by atoms with van der Waals surface area (Å²) < 4.78 is 0. The number of rotatable bonds is 8. The van der Waals surface area contributed by atoms with E-state index in [2.05, 4.69) is 6.92 Å². The van der Waals surface area contributed by atoms with Gasteiger partial charge in [-0.1, -0.05) is 45.4 Å². The topological polar surface area (TPSA) is 113 Å². The second-order valence-electron chi connectivity index (χ2n) is 3.90. The van der Waals surface area contributed by atoms with Crippen molar-refractivity contribution in [1.29, 1.82) is 0 Å². The molecule has 0 rings (SSSR count). The lowest BCUT2D eigenvalue weighted by molar-refractivity contribution is -0.137. The van der Waals surface area contributed by atoms with Crippen LogP contribution in [0.4, 0.5) is 0 Å². The van der Waals surface area contributed by atoms with Crippen molar-refractivity contribution in [2.75, 3.05) is 13.2 Å². The largest absolute Gasteiger partial charge is 0.481 e. The van der Waals surface area contributed by atoms with Gasteiger partial charge in [-0.15, -0.1) is 0 Å². The third-order valence-corrected chi connectivity index (χ3v) is 1.99. The molecule has 0 saturated carbocycles. The van der Waals surface area contributed by atoms with Crippen molar-refractivity contribution in [2.24, 2.45) is 0 Å². The molecular weight excluding hydrogens is 246 g/mol. The van der Waals surface area contributed by atoms with Gasteiger partial charge in [-0.05, 0) is 20.3 Å². The molecule has 0 heterocycles. The fourth-order valence-corrected chi connectivity index (χ4v) is 1.23. The Bertz CT molecular complexity index is 141. The van der Waals surface area contributed by atoms with E-state index in [1.165, 1.54) is 32.1 Å². The normalized spacial score (nSPS) is 8.26. The van der Waals surface area contributed by atoms with Gasteiger partial charge >= 0.3 is 5.97 Å². The van der Waals surface area contributed by atoms with Crippen LogP contribution in [0, 0.1) is 0 Å². The lowest BCUT2D eigenvalue weighted by Gasteiger charge is -1.98. The highest BCUT2D eigenvalue weighted by molar-refractivity contribution is 5.66. The van der Waals surface area contributed by atoms with Crippen molar-refractivity contribution < 1.29 is 20.1 Å². The van der Waals surface area contributed by atoms with Crippen LogP contribution in [0.25, 0.3) is 0 Å². The third kappa shape index (κ3) is 58.6. The average molecular weight is 281 g/mol. The summed E-state index contributed by atoms with van der Waals surface area (Å²) in [7, 11) is 0. The van der Waals surface area contributed by atoms with E-state index in [4.69, 9.17) is 15.3 Å². The first kappa shape index (κ1) is 26.8. The van der Waals surface area contributed by atoms with E-state index in [0.29, 0.717) is 6.42 Å². The number of aliphatic hydroxyl groups is 2. The van der Waals surface area contributed by atoms with Gasteiger partial charge in [-0.3, -0.25) is 4.79 Å². The number of unbranched alkanes of at least 4 members (excludes halogenated alkanes) is 6. The summed E-state index contributed by atoms with van der Waals surface area (Å²) in [5.41, 5.74) is 0. The number of hydrogen-bond acceptors (Lipinski definition) is 4. The Hall–Kier alpha value is -0.650. The Labute approximate surface area is 118 Å². The Morgan fingerprint density at radius 1 is 0.789 bits per heavy atom. The van der Waals surface area contributed by atoms with Gasteiger partial charge in [0, 0.05) is 19.6 Å². The summed E-state index contributed by atoms with van der Waals surface area (Å²) in [6, 6.07) is 0. The highest BCUT2D eigenvalue weighted by Gasteiger charge is 1.95. The number of aliphatic carboxylic acids is 1. The maximum atomic E-state index is 10.1. The summed E-state index contributed by atoms with van der Waals surface area (Å²) in [4.78, 5) is 10.1. The molecule has 0 amide bonds. The van der Waals surface area contributed by atoms with E-state index in [1.54, 1.807) is 13.8 Å². The maximum Gasteiger partial charge on any atom is 0.303 e. The van der Waals surface area contributed by atoms with Crippen LogP contribution in [0.3, 0.4) is 0 Å². The van der Waals surface area contributed by atoms with Crippen molar-refractivity contribution in [1.82, 2.24) is 6.15 Å². The highest BCUT2D eigenvalue weighted by atomic mass is 16.4. The van der Waals surface area contributed by atoms with Crippen molar-refractivity contribution in [3.63, 3.8) is 0 Å². The Morgan fingerprint density at radius 2 is 1.11 bits per heavy atom. The molecule has 0 bridgehead atoms. The number of carboxylic acids is 1. The Kier molecular flexibility index (Phi) is 42.9. The van der Waals surface area contributed by atoms with E-state index in [0.717, 1.165) is 12.8 Å². The SMILES string of the molecule is CCCCCCCCCC(=O)O.CCO.CCO.N. The molecule has 0 aromatic carbocycles. The number of carbonyl (C=O) groups is 1. The molecule has 0 radical (unpaired) electrons. The first-order chi connectivity index (χ1) is 8.60. The zero-order chi connectivity index (χ0) is 14.6. The molecule has 5 nitrogen and oxygen atoms in total. The number of aliphatic hydroxyl groups excluding tert-OH is 2. The van der Waals surface area contributed by atoms with Gasteiger partial charge in [0.15, 0.2) is 0 Å². The van der Waals surface area contributed by atoms with Gasteiger partial charge in [-0.2, -0.15) is 0 Å². The van der Waals surface area contributed by atoms with Crippen LogP contribution in [0.5, 0.6) is 0 Å². The van der Waals surface area contributed by atoms with Gasteiger partial charge in [-0.25, -0.2) is 0 Å². The van der Waals surface area contributed by atoms with Crippen molar-refractivity contribution in [2.45, 2.75) is 72.1 Å². The second-order valence-corrected chi connectivity index (χ2v) is 3.90. The van der Waals surface area contributed by atoms with Crippen molar-refractivity contribution in [3.8, 4) is 0 Å². The first-order valence-electron chi connectivity index (χ1n) is 7.04. The van der Waals surface area contributed by atoms with Gasteiger partial charge < -0.3 is 21.5 Å². The maximum absolute atomic E-state index is 10.1. The molecule has 0 fully saturated rings. The van der Waals surface area contributed by atoms with Gasteiger partial charge in [0.2, 0.25) is 0 Å². The van der Waals surface area contributed by atoms with E-state index in [1.807, 2.05) is 0 Å². The molecule has 0 aliphatic rings. The predicted octanol–water partition coefficient (Wildman–Crippen LogP) is 3.37. The molecular formula is C14H35NO4. The lowest BCUT2D eigenvalue weighted by Crippen LogP contribution is -1.93. The zero-order valence-electron chi connectivity index (χ0n) is 13.0. The van der Waals surface area contributed by atoms with Gasteiger partial charge in [0.25, 0.3) is 0 Å². The van der Waals surface area contributed by atoms with Crippen molar-refractivity contribution in [3.05, 3.63) is 0 Å². The standard InChI is InChI=1S/C10H20O2.2C2H6O.H3N/c1-2-3-4-5-6-7-8-9-10(11)12;2*1-2-3;/h2-9H2,1H3,(H,11,12);2*3H,2H2,1H3;1H3. The third-order valence-electron chi connectivity index (χ3n) is 1.99. The van der Waals surface area contributed by atoms with Crippen LogP contribution in [0.2, 0.25) is 0 Å². The lowest BCUT2D eigenvalue weighted by atomic mass is 10.1. The zero-order valence-corrected chi connectivity index (χ0v) is 13.0. The predicted molar refractivity (Wildman–Crippen MR) is 80.8 cm³/mol. The van der Waals surface area contributed by atoms with Crippen LogP contribution >= 0.6 is 0 Å². The molecule has 0 spiro atoms. The molecule has 0 aliphatic heterocycles. The Balaban J connectivity index is -0.000000137. The minimum absolute atomic E-state index is 0. The molecule has 0 aliphatic carbocycles. The highest BCUT2D eigenvalue weighted by Crippen LogP contribution is 2.07. The van der Waals surface area contributed by atoms with E-state index in [9.17, 15) is 4.79 Å². The van der Waals surface area contributed by atoms with E-state index in [-0.39, 0.29) is 19.4 Å². The van der Waals surface area contributed by atoms with Gasteiger partial charge in [0.1, 0.15) is 0 Å². The molecule has 0 aromatic rings. The molecule has 0 atom stereocenters. The minimum atomic E-state index is -0.663. The Morgan fingerprint density at radius 3 is 1.42 bits per heavy atom. The number of carboxylic acid groups (broad SMARTS) is 1. The fraction of sp³-hybridized carbons (Fsp3) is 0.929. The summed E-state index contributed by atoms with van der Waals surface area (Å²) in [5, 5.41) is 23.5. The van der Waals surface area contributed by atoms with Crippen LogP contribution in [0.15, 0.2) is 0 Å². The molecule has 0 aromatic heterocycles. The summed E-state index contributed by atoms with van der Waals surface area (Å²) in [5.74, 6) is -0.663. The number of hydrogen-bond donors (Lipinski definition) is 4. The van der Waals surface area contributed by atoms with Gasteiger partial charge in [0.05, 0.1) is 0 Å². The smallest absolute Gasteiger partial charge is 0.303 e. The summed E-state index contributed by atoms with van der Waals surface area (Å²) in [6.07, 6.45) is 8.64. The summed E-state index contributed by atoms with van der Waals surface area (Å²) in [6.45, 7) is 6.06. The molecule has 6 N–H and O–H groups in total. The monoisotopic (exact) mass is 281 g/mol. The summed E-state index contributed by atoms with van der Waals surface area (Å²) >= 11 is 0. The van der Waals surface area contributed by atoms with Crippen LogP contribution in [-0.2, 0) is 4.79 Å². The average Bonchev–Trinajstić information content (AvgIpc) is 2.29. The van der Waals surface area contributed by atoms with Crippen LogP contribution in [-0.4, -0.2) is 34.5 Å². The molecule has 5 heteroatoms. The quantitative estimate of drug-likeness (QED) is 0.509. The molecule has 0 saturated heterocycles. The minimum Gasteiger partial charge on any atom is -0.481 e. The first-order valence-corrected chi connectivity index (χ1v) is 7.04. The molecule has 120 valence electrons.